The Morgan fingerprint density at radius 1 is 1.00 bits per heavy atom. The second-order valence-electron chi connectivity index (χ2n) is 7.57. The van der Waals surface area contributed by atoms with E-state index in [1.165, 1.54) is 0 Å². The van der Waals surface area contributed by atoms with Gasteiger partial charge in [-0.15, -0.1) is 0 Å². The maximum atomic E-state index is 11.9. The number of hydrogen-bond acceptors (Lipinski definition) is 8. The zero-order chi connectivity index (χ0) is 23.6. The number of nitrogens with one attached hydrogen (secondary N) is 4. The van der Waals surface area contributed by atoms with Crippen molar-refractivity contribution in [2.24, 2.45) is 0 Å². The first kappa shape index (κ1) is 23.9. The molecular weight excluding hydrogens is 418 g/mol. The largest absolute Gasteiger partial charge is 0.496 e. The molecule has 1 amide bonds. The molecular formula is C24H31N7O2. The van der Waals surface area contributed by atoms with E-state index in [1.807, 2.05) is 31.3 Å². The predicted molar refractivity (Wildman–Crippen MR) is 131 cm³/mol. The van der Waals surface area contributed by atoms with Crippen LogP contribution >= 0.6 is 0 Å². The van der Waals surface area contributed by atoms with E-state index in [0.717, 1.165) is 41.5 Å². The maximum Gasteiger partial charge on any atom is 0.251 e. The summed E-state index contributed by atoms with van der Waals surface area (Å²) in [5.74, 6) is 2.22. The van der Waals surface area contributed by atoms with E-state index in [4.69, 9.17) is 4.74 Å². The average Bonchev–Trinajstić information content (AvgIpc) is 2.87. The first-order valence-corrected chi connectivity index (χ1v) is 10.9. The first-order valence-electron chi connectivity index (χ1n) is 10.9. The van der Waals surface area contributed by atoms with E-state index >= 15 is 0 Å². The minimum Gasteiger partial charge on any atom is -0.496 e. The molecule has 1 unspecified atom stereocenters. The molecule has 174 valence electrons. The number of rotatable bonds is 11. The van der Waals surface area contributed by atoms with Crippen molar-refractivity contribution in [1.29, 1.82) is 0 Å². The van der Waals surface area contributed by atoms with Crippen LogP contribution in [-0.2, 0) is 0 Å². The van der Waals surface area contributed by atoms with Gasteiger partial charge in [-0.3, -0.25) is 4.79 Å². The number of anilines is 2. The lowest BCUT2D eigenvalue weighted by Crippen LogP contribution is -2.18. The summed E-state index contributed by atoms with van der Waals surface area (Å²) in [6.07, 6.45) is 3.34. The van der Waals surface area contributed by atoms with E-state index < -0.39 is 0 Å². The van der Waals surface area contributed by atoms with Gasteiger partial charge in [0.25, 0.3) is 5.91 Å². The third-order valence-electron chi connectivity index (χ3n) is 5.25. The summed E-state index contributed by atoms with van der Waals surface area (Å²) >= 11 is 0. The Labute approximate surface area is 194 Å². The van der Waals surface area contributed by atoms with E-state index in [9.17, 15) is 4.79 Å². The van der Waals surface area contributed by atoms with Crippen molar-refractivity contribution in [1.82, 2.24) is 25.6 Å². The van der Waals surface area contributed by atoms with Gasteiger partial charge in [0.15, 0.2) is 0 Å². The molecule has 9 heteroatoms. The fourth-order valence-corrected chi connectivity index (χ4v) is 3.35. The molecule has 0 spiro atoms. The monoisotopic (exact) mass is 449 g/mol. The Kier molecular flexibility index (Phi) is 8.54. The normalized spacial score (nSPS) is 11.5. The molecule has 0 aliphatic carbocycles. The maximum absolute atomic E-state index is 11.9. The summed E-state index contributed by atoms with van der Waals surface area (Å²) in [7, 11) is 5.13. The highest BCUT2D eigenvalue weighted by molar-refractivity contribution is 5.94. The van der Waals surface area contributed by atoms with Crippen molar-refractivity contribution in [3.63, 3.8) is 0 Å². The van der Waals surface area contributed by atoms with Crippen LogP contribution in [-0.4, -0.2) is 61.7 Å². The molecule has 0 saturated carbocycles. The van der Waals surface area contributed by atoms with Gasteiger partial charge < -0.3 is 26.0 Å². The Balaban J connectivity index is 1.65. The predicted octanol–water partition coefficient (Wildman–Crippen LogP) is 2.75. The summed E-state index contributed by atoms with van der Waals surface area (Å²) < 4.78 is 5.52. The fourth-order valence-electron chi connectivity index (χ4n) is 3.35. The van der Waals surface area contributed by atoms with E-state index in [-0.39, 0.29) is 11.8 Å². The lowest BCUT2D eigenvalue weighted by Gasteiger charge is -2.17. The molecule has 0 radical (unpaired) electrons. The molecule has 1 aromatic carbocycles. The summed E-state index contributed by atoms with van der Waals surface area (Å²) in [6, 6.07) is 11.3. The van der Waals surface area contributed by atoms with Gasteiger partial charge in [-0.1, -0.05) is 13.0 Å². The highest BCUT2D eigenvalue weighted by atomic mass is 16.5. The van der Waals surface area contributed by atoms with Crippen LogP contribution in [0.4, 0.5) is 11.6 Å². The molecule has 0 aliphatic heterocycles. The van der Waals surface area contributed by atoms with Crippen LogP contribution in [0.2, 0.25) is 0 Å². The number of carbonyl (C=O) groups excluding carboxylic acids is 1. The number of pyridine rings is 1. The van der Waals surface area contributed by atoms with Crippen LogP contribution in [0.15, 0.2) is 48.9 Å². The molecule has 1 atom stereocenters. The molecule has 0 saturated heterocycles. The van der Waals surface area contributed by atoms with Crippen molar-refractivity contribution < 1.29 is 9.53 Å². The molecule has 2 aromatic heterocycles. The Hall–Kier alpha value is -3.72. The summed E-state index contributed by atoms with van der Waals surface area (Å²) in [6.45, 7) is 4.41. The molecule has 2 heterocycles. The number of amides is 1. The lowest BCUT2D eigenvalue weighted by atomic mass is 9.98. The van der Waals surface area contributed by atoms with Crippen molar-refractivity contribution in [3.8, 4) is 17.0 Å². The van der Waals surface area contributed by atoms with Crippen molar-refractivity contribution in [2.75, 3.05) is 51.5 Å². The number of benzene rings is 1. The smallest absolute Gasteiger partial charge is 0.251 e. The van der Waals surface area contributed by atoms with Gasteiger partial charge >= 0.3 is 0 Å². The van der Waals surface area contributed by atoms with Gasteiger partial charge in [-0.25, -0.2) is 15.0 Å². The number of likely N-dealkylation sites (N-methyl/N-ethyl adjacent to an activating group) is 1. The van der Waals surface area contributed by atoms with Gasteiger partial charge in [0.1, 0.15) is 23.7 Å². The molecule has 0 bridgehead atoms. The minimum absolute atomic E-state index is 0.127. The Morgan fingerprint density at radius 3 is 2.55 bits per heavy atom. The standard InChI is InChI=1S/C24H31N7O2/c1-16(19-7-5-17(24(32)26-3)11-21(19)33-4)13-28-23-12-20(30-15-31-23)18-6-8-22(29-14-18)27-10-9-25-2/h5-8,11-12,14-16,25H,9-10,13H2,1-4H3,(H,26,32)(H,27,29)(H,28,30,31). The highest BCUT2D eigenvalue weighted by Gasteiger charge is 2.15. The van der Waals surface area contributed by atoms with Crippen LogP contribution in [0.1, 0.15) is 28.8 Å². The Morgan fingerprint density at radius 2 is 1.85 bits per heavy atom. The summed E-state index contributed by atoms with van der Waals surface area (Å²) in [5, 5.41) is 12.3. The van der Waals surface area contributed by atoms with Crippen LogP contribution in [0, 0.1) is 0 Å². The second kappa shape index (κ2) is 11.8. The third-order valence-corrected chi connectivity index (χ3v) is 5.25. The fraction of sp³-hybridized carbons (Fsp3) is 0.333. The van der Waals surface area contributed by atoms with Crippen LogP contribution < -0.4 is 26.0 Å². The van der Waals surface area contributed by atoms with Crippen molar-refractivity contribution >= 4 is 17.5 Å². The number of aromatic nitrogens is 3. The molecule has 0 aliphatic rings. The quantitative estimate of drug-likeness (QED) is 0.331. The molecule has 4 N–H and O–H groups in total. The van der Waals surface area contributed by atoms with Crippen molar-refractivity contribution in [3.05, 3.63) is 60.0 Å². The lowest BCUT2D eigenvalue weighted by molar-refractivity contribution is 0.0962. The number of hydrogen-bond donors (Lipinski definition) is 4. The molecule has 33 heavy (non-hydrogen) atoms. The number of methoxy groups -OCH3 is 1. The summed E-state index contributed by atoms with van der Waals surface area (Å²) in [4.78, 5) is 25.1. The van der Waals surface area contributed by atoms with Gasteiger partial charge in [0, 0.05) is 56.0 Å². The molecule has 3 rings (SSSR count). The van der Waals surface area contributed by atoms with Gasteiger partial charge in [0.2, 0.25) is 0 Å². The van der Waals surface area contributed by atoms with E-state index in [2.05, 4.69) is 43.1 Å². The van der Waals surface area contributed by atoms with E-state index in [1.54, 1.807) is 38.8 Å². The van der Waals surface area contributed by atoms with Crippen LogP contribution in [0.25, 0.3) is 11.3 Å². The number of ether oxygens (including phenoxy) is 1. The molecule has 0 fully saturated rings. The zero-order valence-electron chi connectivity index (χ0n) is 19.5. The average molecular weight is 450 g/mol. The Bertz CT molecular complexity index is 1060. The number of nitrogens with zero attached hydrogens (tertiary/aromatic N) is 3. The molecule has 9 nitrogen and oxygen atoms in total. The zero-order valence-corrected chi connectivity index (χ0v) is 19.5. The minimum atomic E-state index is -0.143. The topological polar surface area (TPSA) is 113 Å². The SMILES string of the molecule is CNCCNc1ccc(-c2cc(NCC(C)c3ccc(C(=O)NC)cc3OC)ncn2)cn1. The number of carbonyl (C=O) groups is 1. The molecule has 3 aromatic rings. The summed E-state index contributed by atoms with van der Waals surface area (Å²) in [5.41, 5.74) is 3.29. The van der Waals surface area contributed by atoms with Crippen molar-refractivity contribution in [2.45, 2.75) is 12.8 Å². The van der Waals surface area contributed by atoms with Crippen LogP contribution in [0.5, 0.6) is 5.75 Å². The van der Waals surface area contributed by atoms with E-state index in [0.29, 0.717) is 17.9 Å². The van der Waals surface area contributed by atoms with Crippen LogP contribution in [0.3, 0.4) is 0 Å². The van der Waals surface area contributed by atoms with Gasteiger partial charge in [-0.2, -0.15) is 0 Å². The van der Waals surface area contributed by atoms with Gasteiger partial charge in [-0.05, 0) is 36.9 Å². The first-order chi connectivity index (χ1) is 16.0. The third kappa shape index (κ3) is 6.39. The highest BCUT2D eigenvalue weighted by Crippen LogP contribution is 2.28. The van der Waals surface area contributed by atoms with Gasteiger partial charge in [0.05, 0.1) is 12.8 Å². The second-order valence-corrected chi connectivity index (χ2v) is 7.57.